The number of pyridine rings is 1. The molecule has 2 heterocycles. The van der Waals surface area contributed by atoms with Crippen LogP contribution in [0.5, 0.6) is 0 Å². The summed E-state index contributed by atoms with van der Waals surface area (Å²) in [7, 11) is 3.96. The van der Waals surface area contributed by atoms with E-state index in [4.69, 9.17) is 5.73 Å². The van der Waals surface area contributed by atoms with Crippen molar-refractivity contribution in [1.29, 1.82) is 0 Å². The van der Waals surface area contributed by atoms with Crippen LogP contribution < -0.4 is 10.6 Å². The predicted molar refractivity (Wildman–Crippen MR) is 79.4 cm³/mol. The van der Waals surface area contributed by atoms with Crippen LogP contribution in [0.3, 0.4) is 0 Å². The van der Waals surface area contributed by atoms with E-state index >= 15 is 0 Å². The first-order valence-electron chi connectivity index (χ1n) is 6.83. The van der Waals surface area contributed by atoms with Crippen molar-refractivity contribution in [2.75, 3.05) is 25.5 Å². The zero-order valence-electron chi connectivity index (χ0n) is 12.0. The second-order valence-corrected chi connectivity index (χ2v) is 5.34. The van der Waals surface area contributed by atoms with Gasteiger partial charge in [-0.25, -0.2) is 9.97 Å². The molecule has 2 aromatic heterocycles. The molecule has 19 heavy (non-hydrogen) atoms. The third-order valence-corrected chi connectivity index (χ3v) is 3.37. The van der Waals surface area contributed by atoms with Crippen LogP contribution >= 0.6 is 0 Å². The van der Waals surface area contributed by atoms with Crippen LogP contribution in [0.1, 0.15) is 25.6 Å². The molecule has 2 aromatic rings. The van der Waals surface area contributed by atoms with E-state index in [1.165, 1.54) is 0 Å². The Labute approximate surface area is 114 Å². The fourth-order valence-electron chi connectivity index (χ4n) is 2.11. The van der Waals surface area contributed by atoms with Gasteiger partial charge in [-0.3, -0.25) is 0 Å². The van der Waals surface area contributed by atoms with Crippen molar-refractivity contribution < 1.29 is 0 Å². The van der Waals surface area contributed by atoms with Crippen molar-refractivity contribution in [2.24, 2.45) is 11.7 Å². The summed E-state index contributed by atoms with van der Waals surface area (Å²) in [5.74, 6) is 2.59. The van der Waals surface area contributed by atoms with Gasteiger partial charge < -0.3 is 15.6 Å². The lowest BCUT2D eigenvalue weighted by atomic mass is 10.0. The van der Waals surface area contributed by atoms with Crippen LogP contribution in [0.25, 0.3) is 11.2 Å². The van der Waals surface area contributed by atoms with Crippen molar-refractivity contribution in [1.82, 2.24) is 15.0 Å². The molecule has 0 aliphatic carbocycles. The van der Waals surface area contributed by atoms with Crippen molar-refractivity contribution in [3.05, 3.63) is 18.0 Å². The quantitative estimate of drug-likeness (QED) is 0.833. The molecule has 0 aliphatic heterocycles. The van der Waals surface area contributed by atoms with E-state index in [1.807, 2.05) is 31.1 Å². The number of nitrogens with one attached hydrogen (secondary N) is 1. The minimum atomic E-state index is 0.642. The molecule has 3 N–H and O–H groups in total. The average Bonchev–Trinajstić information content (AvgIpc) is 2.78. The third kappa shape index (κ3) is 3.44. The van der Waals surface area contributed by atoms with Crippen molar-refractivity contribution in [2.45, 2.75) is 26.2 Å². The monoisotopic (exact) mass is 261 g/mol. The smallest absolute Gasteiger partial charge is 0.179 e. The van der Waals surface area contributed by atoms with Gasteiger partial charge in [0.2, 0.25) is 0 Å². The van der Waals surface area contributed by atoms with Gasteiger partial charge in [-0.05, 0) is 37.4 Å². The number of imidazole rings is 1. The van der Waals surface area contributed by atoms with E-state index in [2.05, 4.69) is 21.9 Å². The lowest BCUT2D eigenvalue weighted by Gasteiger charge is -2.09. The number of aromatic nitrogens is 3. The summed E-state index contributed by atoms with van der Waals surface area (Å²) in [6.45, 7) is 2.99. The standard InChI is InChI=1S/C14H23N5/c1-10(8-9-15)4-6-12-16-11-5-7-13(19(2)3)18-14(11)17-12/h5,7,10H,4,6,8-9,15H2,1-3H3,(H,16,17,18). The van der Waals surface area contributed by atoms with Gasteiger partial charge in [0.05, 0.1) is 5.52 Å². The van der Waals surface area contributed by atoms with Gasteiger partial charge in [0.15, 0.2) is 5.65 Å². The molecule has 0 radical (unpaired) electrons. The van der Waals surface area contributed by atoms with Crippen LogP contribution in [0.15, 0.2) is 12.1 Å². The van der Waals surface area contributed by atoms with Gasteiger partial charge in [-0.1, -0.05) is 6.92 Å². The minimum absolute atomic E-state index is 0.642. The minimum Gasteiger partial charge on any atom is -0.363 e. The zero-order valence-corrected chi connectivity index (χ0v) is 12.0. The molecule has 0 saturated heterocycles. The Bertz CT molecular complexity index is 532. The highest BCUT2D eigenvalue weighted by Gasteiger charge is 2.08. The number of nitrogens with two attached hydrogens (primary N) is 1. The number of aryl methyl sites for hydroxylation is 1. The number of fused-ring (bicyclic) bond motifs is 1. The molecule has 0 aromatic carbocycles. The van der Waals surface area contributed by atoms with E-state index in [1.54, 1.807) is 0 Å². The number of H-pyrrole nitrogens is 1. The normalized spacial score (nSPS) is 12.8. The van der Waals surface area contributed by atoms with E-state index in [9.17, 15) is 0 Å². The number of hydrogen-bond donors (Lipinski definition) is 2. The second-order valence-electron chi connectivity index (χ2n) is 5.34. The maximum atomic E-state index is 5.57. The second kappa shape index (κ2) is 6.02. The van der Waals surface area contributed by atoms with E-state index in [0.29, 0.717) is 5.92 Å². The highest BCUT2D eigenvalue weighted by atomic mass is 15.1. The third-order valence-electron chi connectivity index (χ3n) is 3.37. The Morgan fingerprint density at radius 2 is 2.05 bits per heavy atom. The van der Waals surface area contributed by atoms with Gasteiger partial charge in [0, 0.05) is 20.5 Å². The molecule has 0 saturated carbocycles. The maximum Gasteiger partial charge on any atom is 0.179 e. The first kappa shape index (κ1) is 13.8. The summed E-state index contributed by atoms with van der Waals surface area (Å²) in [4.78, 5) is 14.4. The lowest BCUT2D eigenvalue weighted by Crippen LogP contribution is -2.10. The number of aromatic amines is 1. The molecule has 5 heteroatoms. The molecule has 5 nitrogen and oxygen atoms in total. The van der Waals surface area contributed by atoms with Crippen LogP contribution in [0, 0.1) is 5.92 Å². The number of anilines is 1. The Morgan fingerprint density at radius 1 is 1.26 bits per heavy atom. The Kier molecular flexibility index (Phi) is 4.37. The first-order valence-corrected chi connectivity index (χ1v) is 6.83. The molecule has 1 atom stereocenters. The van der Waals surface area contributed by atoms with Crippen LogP contribution in [-0.2, 0) is 6.42 Å². The predicted octanol–water partition coefficient (Wildman–Crippen LogP) is 1.94. The van der Waals surface area contributed by atoms with Crippen molar-refractivity contribution in [3.8, 4) is 0 Å². The molecular weight excluding hydrogens is 238 g/mol. The number of nitrogens with zero attached hydrogens (tertiary/aromatic N) is 3. The number of hydrogen-bond acceptors (Lipinski definition) is 4. The molecule has 0 fully saturated rings. The Balaban J connectivity index is 2.08. The Morgan fingerprint density at radius 3 is 2.74 bits per heavy atom. The molecular formula is C14H23N5. The summed E-state index contributed by atoms with van der Waals surface area (Å²) in [6.07, 6.45) is 3.13. The van der Waals surface area contributed by atoms with Crippen molar-refractivity contribution >= 4 is 17.0 Å². The summed E-state index contributed by atoms with van der Waals surface area (Å²) >= 11 is 0. The van der Waals surface area contributed by atoms with Gasteiger partial charge in [-0.2, -0.15) is 0 Å². The van der Waals surface area contributed by atoms with Gasteiger partial charge in [0.1, 0.15) is 11.6 Å². The average molecular weight is 261 g/mol. The summed E-state index contributed by atoms with van der Waals surface area (Å²) < 4.78 is 0. The van der Waals surface area contributed by atoms with Crippen LogP contribution in [-0.4, -0.2) is 35.6 Å². The van der Waals surface area contributed by atoms with Gasteiger partial charge in [-0.15, -0.1) is 0 Å². The van der Waals surface area contributed by atoms with Gasteiger partial charge >= 0.3 is 0 Å². The highest BCUT2D eigenvalue weighted by molar-refractivity contribution is 5.73. The van der Waals surface area contributed by atoms with Crippen LogP contribution in [0.2, 0.25) is 0 Å². The fraction of sp³-hybridized carbons (Fsp3) is 0.571. The van der Waals surface area contributed by atoms with E-state index in [-0.39, 0.29) is 0 Å². The highest BCUT2D eigenvalue weighted by Crippen LogP contribution is 2.16. The summed E-state index contributed by atoms with van der Waals surface area (Å²) in [5.41, 5.74) is 7.37. The molecule has 2 rings (SSSR count). The molecule has 0 amide bonds. The topological polar surface area (TPSA) is 70.8 Å². The maximum absolute atomic E-state index is 5.57. The molecule has 0 spiro atoms. The summed E-state index contributed by atoms with van der Waals surface area (Å²) in [6, 6.07) is 4.04. The fourth-order valence-corrected chi connectivity index (χ4v) is 2.11. The zero-order chi connectivity index (χ0) is 13.8. The number of rotatable bonds is 6. The van der Waals surface area contributed by atoms with Crippen molar-refractivity contribution in [3.63, 3.8) is 0 Å². The van der Waals surface area contributed by atoms with Gasteiger partial charge in [0.25, 0.3) is 0 Å². The van der Waals surface area contributed by atoms with Crippen LogP contribution in [0.4, 0.5) is 5.82 Å². The SMILES string of the molecule is CC(CCN)CCc1nc2nc(N(C)C)ccc2[nH]1. The molecule has 0 bridgehead atoms. The first-order chi connectivity index (χ1) is 9.10. The Hall–Kier alpha value is -1.62. The molecule has 0 aliphatic rings. The van der Waals surface area contributed by atoms with E-state index in [0.717, 1.165) is 48.6 Å². The molecule has 1 unspecified atom stereocenters. The largest absolute Gasteiger partial charge is 0.363 e. The molecule has 104 valence electrons. The summed E-state index contributed by atoms with van der Waals surface area (Å²) in [5, 5.41) is 0. The lowest BCUT2D eigenvalue weighted by molar-refractivity contribution is 0.495. The van der Waals surface area contributed by atoms with E-state index < -0.39 is 0 Å².